The molecule has 0 saturated carbocycles. The van der Waals surface area contributed by atoms with E-state index in [4.69, 9.17) is 4.52 Å². The minimum absolute atomic E-state index is 0.193. The zero-order valence-electron chi connectivity index (χ0n) is 13.1. The van der Waals surface area contributed by atoms with Crippen molar-refractivity contribution in [2.75, 3.05) is 13.1 Å². The number of pyridine rings is 1. The molecule has 2 aromatic heterocycles. The van der Waals surface area contributed by atoms with E-state index in [1.54, 1.807) is 24.5 Å². The van der Waals surface area contributed by atoms with Crippen molar-refractivity contribution < 1.29 is 8.91 Å². The molecule has 1 aliphatic rings. The molecule has 24 heavy (non-hydrogen) atoms. The Hall–Kier alpha value is -2.60. The zero-order chi connectivity index (χ0) is 16.4. The monoisotopic (exact) mass is 324 g/mol. The number of hydrogen-bond acceptors (Lipinski definition) is 5. The number of benzene rings is 1. The highest BCUT2D eigenvalue weighted by molar-refractivity contribution is 5.51. The van der Waals surface area contributed by atoms with E-state index in [9.17, 15) is 4.39 Å². The molecule has 0 N–H and O–H groups in total. The molecule has 0 spiro atoms. The van der Waals surface area contributed by atoms with Gasteiger partial charge >= 0.3 is 0 Å². The van der Waals surface area contributed by atoms with E-state index in [1.807, 2.05) is 18.2 Å². The van der Waals surface area contributed by atoms with Crippen molar-refractivity contribution in [3.8, 4) is 11.4 Å². The van der Waals surface area contributed by atoms with Gasteiger partial charge in [-0.3, -0.25) is 9.88 Å². The minimum atomic E-state index is -0.193. The fourth-order valence-electron chi connectivity index (χ4n) is 3.08. The van der Waals surface area contributed by atoms with Gasteiger partial charge in [-0.05, 0) is 42.8 Å². The molecule has 1 aliphatic heterocycles. The molecule has 0 unspecified atom stereocenters. The van der Waals surface area contributed by atoms with E-state index in [0.29, 0.717) is 11.7 Å². The topological polar surface area (TPSA) is 55.1 Å². The van der Waals surface area contributed by atoms with Crippen molar-refractivity contribution in [2.24, 2.45) is 0 Å². The highest BCUT2D eigenvalue weighted by Gasteiger charge is 2.28. The molecule has 3 heterocycles. The Morgan fingerprint density at radius 2 is 2.21 bits per heavy atom. The molecule has 1 aromatic carbocycles. The number of hydrogen-bond donors (Lipinski definition) is 0. The van der Waals surface area contributed by atoms with Crippen LogP contribution >= 0.6 is 0 Å². The Morgan fingerprint density at radius 1 is 1.25 bits per heavy atom. The first-order chi connectivity index (χ1) is 11.8. The Kier molecular flexibility index (Phi) is 4.04. The van der Waals surface area contributed by atoms with E-state index >= 15 is 0 Å². The molecular weight excluding hydrogens is 307 g/mol. The fourth-order valence-corrected chi connectivity index (χ4v) is 3.08. The Bertz CT molecular complexity index is 821. The van der Waals surface area contributed by atoms with Crippen LogP contribution in [0.2, 0.25) is 0 Å². The van der Waals surface area contributed by atoms with Gasteiger partial charge in [-0.15, -0.1) is 0 Å². The first kappa shape index (κ1) is 15.0. The number of aromatic nitrogens is 3. The maximum atomic E-state index is 13.3. The van der Waals surface area contributed by atoms with E-state index in [0.717, 1.165) is 37.2 Å². The third-order valence-corrected chi connectivity index (χ3v) is 4.28. The second-order valence-corrected chi connectivity index (χ2v) is 6.05. The molecule has 0 radical (unpaired) electrons. The summed E-state index contributed by atoms with van der Waals surface area (Å²) >= 11 is 0. The van der Waals surface area contributed by atoms with Crippen molar-refractivity contribution in [2.45, 2.75) is 18.9 Å². The molecule has 4 rings (SSSR count). The molecule has 1 saturated heterocycles. The number of halogens is 1. The second kappa shape index (κ2) is 6.49. The molecule has 122 valence electrons. The van der Waals surface area contributed by atoms with Crippen LogP contribution in [-0.4, -0.2) is 33.1 Å². The average Bonchev–Trinajstić information content (AvgIpc) is 3.25. The third kappa shape index (κ3) is 3.19. The van der Waals surface area contributed by atoms with Crippen molar-refractivity contribution in [3.63, 3.8) is 0 Å². The Morgan fingerprint density at radius 3 is 3.04 bits per heavy atom. The van der Waals surface area contributed by atoms with Crippen molar-refractivity contribution in [1.82, 2.24) is 20.0 Å². The predicted octanol–water partition coefficient (Wildman–Crippen LogP) is 3.26. The van der Waals surface area contributed by atoms with Gasteiger partial charge in [0.05, 0.1) is 5.92 Å². The molecule has 3 aromatic rings. The van der Waals surface area contributed by atoms with Gasteiger partial charge < -0.3 is 4.52 Å². The van der Waals surface area contributed by atoms with Gasteiger partial charge in [0.15, 0.2) is 0 Å². The molecule has 1 atom stereocenters. The highest BCUT2D eigenvalue weighted by Crippen LogP contribution is 2.28. The third-order valence-electron chi connectivity index (χ3n) is 4.28. The van der Waals surface area contributed by atoms with Crippen LogP contribution in [0.3, 0.4) is 0 Å². The van der Waals surface area contributed by atoms with Gasteiger partial charge in [0, 0.05) is 31.0 Å². The van der Waals surface area contributed by atoms with Crippen LogP contribution < -0.4 is 0 Å². The summed E-state index contributed by atoms with van der Waals surface area (Å²) in [7, 11) is 0. The van der Waals surface area contributed by atoms with Crippen molar-refractivity contribution in [3.05, 3.63) is 66.1 Å². The molecule has 1 fully saturated rings. The second-order valence-electron chi connectivity index (χ2n) is 6.05. The SMILES string of the molecule is Fc1cccc(CN2CC[C@@H](c3nc(-c4cccnc4)no3)C2)c1. The number of likely N-dealkylation sites (tertiary alicyclic amines) is 1. The van der Waals surface area contributed by atoms with E-state index in [2.05, 4.69) is 20.0 Å². The van der Waals surface area contributed by atoms with Crippen LogP contribution in [0.4, 0.5) is 4.39 Å². The summed E-state index contributed by atoms with van der Waals surface area (Å²) in [6, 6.07) is 10.5. The summed E-state index contributed by atoms with van der Waals surface area (Å²) in [6.45, 7) is 2.51. The summed E-state index contributed by atoms with van der Waals surface area (Å²) < 4.78 is 18.7. The van der Waals surface area contributed by atoms with E-state index in [1.165, 1.54) is 6.07 Å². The fraction of sp³-hybridized carbons (Fsp3) is 0.278. The normalized spacial score (nSPS) is 18.1. The summed E-state index contributed by atoms with van der Waals surface area (Å²) in [4.78, 5) is 10.9. The van der Waals surface area contributed by atoms with Crippen molar-refractivity contribution in [1.29, 1.82) is 0 Å². The highest BCUT2D eigenvalue weighted by atomic mass is 19.1. The lowest BCUT2D eigenvalue weighted by molar-refractivity contribution is 0.309. The minimum Gasteiger partial charge on any atom is -0.339 e. The number of rotatable bonds is 4. The van der Waals surface area contributed by atoms with Crippen LogP contribution in [0.25, 0.3) is 11.4 Å². The lowest BCUT2D eigenvalue weighted by Gasteiger charge is -2.15. The van der Waals surface area contributed by atoms with Crippen LogP contribution in [0.5, 0.6) is 0 Å². The quantitative estimate of drug-likeness (QED) is 0.737. The van der Waals surface area contributed by atoms with Gasteiger partial charge in [-0.2, -0.15) is 4.98 Å². The molecule has 0 bridgehead atoms. The Labute approximate surface area is 139 Å². The maximum absolute atomic E-state index is 13.3. The van der Waals surface area contributed by atoms with Gasteiger partial charge in [0.2, 0.25) is 11.7 Å². The average molecular weight is 324 g/mol. The molecule has 6 heteroatoms. The summed E-state index contributed by atoms with van der Waals surface area (Å²) in [5, 5.41) is 4.06. The molecule has 0 aliphatic carbocycles. The molecule has 5 nitrogen and oxygen atoms in total. The summed E-state index contributed by atoms with van der Waals surface area (Å²) in [5.41, 5.74) is 1.83. The van der Waals surface area contributed by atoms with Crippen molar-refractivity contribution >= 4 is 0 Å². The van der Waals surface area contributed by atoms with Gasteiger partial charge in [-0.25, -0.2) is 4.39 Å². The lowest BCUT2D eigenvalue weighted by Crippen LogP contribution is -2.19. The summed E-state index contributed by atoms with van der Waals surface area (Å²) in [5.74, 6) is 1.26. The largest absolute Gasteiger partial charge is 0.339 e. The van der Waals surface area contributed by atoms with Crippen LogP contribution in [0, 0.1) is 5.82 Å². The standard InChI is InChI=1S/C18H17FN4O/c19-16-5-1-3-13(9-16)11-23-8-6-15(12-23)18-21-17(22-24-18)14-4-2-7-20-10-14/h1-5,7,9-10,15H,6,8,11-12H2/t15-/m1/s1. The first-order valence-electron chi connectivity index (χ1n) is 7.99. The first-order valence-corrected chi connectivity index (χ1v) is 7.99. The number of nitrogens with zero attached hydrogens (tertiary/aromatic N) is 4. The Balaban J connectivity index is 1.43. The van der Waals surface area contributed by atoms with Gasteiger partial charge in [0.25, 0.3) is 0 Å². The smallest absolute Gasteiger partial charge is 0.231 e. The van der Waals surface area contributed by atoms with Crippen LogP contribution in [-0.2, 0) is 6.54 Å². The molecule has 0 amide bonds. The lowest BCUT2D eigenvalue weighted by atomic mass is 10.1. The zero-order valence-corrected chi connectivity index (χ0v) is 13.1. The van der Waals surface area contributed by atoms with Gasteiger partial charge in [-0.1, -0.05) is 17.3 Å². The van der Waals surface area contributed by atoms with Crippen LogP contribution in [0.1, 0.15) is 23.8 Å². The molecular formula is C18H17FN4O. The van der Waals surface area contributed by atoms with Crippen LogP contribution in [0.15, 0.2) is 53.3 Å². The van der Waals surface area contributed by atoms with E-state index < -0.39 is 0 Å². The van der Waals surface area contributed by atoms with E-state index in [-0.39, 0.29) is 11.7 Å². The van der Waals surface area contributed by atoms with Gasteiger partial charge in [0.1, 0.15) is 5.82 Å². The predicted molar refractivity (Wildman–Crippen MR) is 86.6 cm³/mol. The summed E-state index contributed by atoms with van der Waals surface area (Å²) in [6.07, 6.45) is 4.40. The maximum Gasteiger partial charge on any atom is 0.231 e.